The molecule has 4 atom stereocenters. The molecule has 0 unspecified atom stereocenters. The number of carbonyl (C=O) groups excluding carboxylic acids is 1. The number of nitrogen functional groups attached to an aromatic ring is 1. The van der Waals surface area contributed by atoms with E-state index in [2.05, 4.69) is 9.97 Å². The highest BCUT2D eigenvalue weighted by Crippen LogP contribution is 2.35. The van der Waals surface area contributed by atoms with Crippen LogP contribution < -0.4 is 10.6 Å². The summed E-state index contributed by atoms with van der Waals surface area (Å²) in [6, 6.07) is 0. The molecule has 0 aliphatic carbocycles. The molecule has 10 heteroatoms. The molecule has 3 rings (SSSR count). The van der Waals surface area contributed by atoms with Gasteiger partial charge in [-0.15, -0.1) is 0 Å². The number of rotatable bonds is 4. The third kappa shape index (κ3) is 2.99. The fraction of sp³-hybridized carbons (Fsp3) is 0.571. The van der Waals surface area contributed by atoms with Crippen molar-refractivity contribution in [3.63, 3.8) is 0 Å². The number of aliphatic hydroxyl groups excluding tert-OH is 1. The van der Waals surface area contributed by atoms with Gasteiger partial charge in [0.2, 0.25) is 5.95 Å². The highest BCUT2D eigenvalue weighted by atomic mass is 32.1. The normalized spacial score (nSPS) is 25.0. The minimum Gasteiger partial charge on any atom is -0.458 e. The maximum Gasteiger partial charge on any atom is 0.311 e. The average Bonchev–Trinajstić information content (AvgIpc) is 3.05. The Morgan fingerprint density at radius 2 is 2.42 bits per heavy atom. The summed E-state index contributed by atoms with van der Waals surface area (Å²) in [7, 11) is 0. The third-order valence-electron chi connectivity index (χ3n) is 3.89. The van der Waals surface area contributed by atoms with E-state index >= 15 is 0 Å². The topological polar surface area (TPSA) is 130 Å². The van der Waals surface area contributed by atoms with Crippen molar-refractivity contribution < 1.29 is 19.4 Å². The fourth-order valence-corrected chi connectivity index (χ4v) is 3.62. The molecule has 1 saturated heterocycles. The van der Waals surface area contributed by atoms with Gasteiger partial charge in [-0.1, -0.05) is 18.3 Å². The summed E-state index contributed by atoms with van der Waals surface area (Å²) in [6.45, 7) is 3.11. The third-order valence-corrected chi connectivity index (χ3v) is 4.77. The largest absolute Gasteiger partial charge is 0.458 e. The lowest BCUT2D eigenvalue weighted by Gasteiger charge is -2.20. The molecule has 0 aromatic carbocycles. The number of carbonyl (C=O) groups is 1. The number of aliphatic hydroxyl groups is 1. The fourth-order valence-electron chi connectivity index (χ4n) is 2.80. The Morgan fingerprint density at radius 3 is 3.08 bits per heavy atom. The van der Waals surface area contributed by atoms with E-state index in [1.54, 1.807) is 0 Å². The van der Waals surface area contributed by atoms with Gasteiger partial charge in [0, 0.05) is 13.3 Å². The van der Waals surface area contributed by atoms with Gasteiger partial charge >= 0.3 is 10.8 Å². The molecule has 24 heavy (non-hydrogen) atoms. The monoisotopic (exact) mass is 354 g/mol. The second-order valence-corrected chi connectivity index (χ2v) is 6.57. The van der Waals surface area contributed by atoms with Crippen LogP contribution in [0.25, 0.3) is 10.3 Å². The highest BCUT2D eigenvalue weighted by Gasteiger charge is 2.42. The van der Waals surface area contributed by atoms with Gasteiger partial charge in [-0.25, -0.2) is 4.98 Å². The molecule has 0 radical (unpaired) electrons. The summed E-state index contributed by atoms with van der Waals surface area (Å²) >= 11 is 0.954. The predicted molar refractivity (Wildman–Crippen MR) is 86.5 cm³/mol. The van der Waals surface area contributed by atoms with Crippen LogP contribution in [0, 0.1) is 0 Å². The molecule has 2 aromatic heterocycles. The summed E-state index contributed by atoms with van der Waals surface area (Å²) in [5.74, 6) is -0.455. The first kappa shape index (κ1) is 16.8. The van der Waals surface area contributed by atoms with Gasteiger partial charge < -0.3 is 20.3 Å². The van der Waals surface area contributed by atoms with E-state index in [-0.39, 0.29) is 10.8 Å². The second-order valence-electron chi connectivity index (χ2n) is 5.58. The molecule has 0 amide bonds. The molecule has 9 nitrogen and oxygen atoms in total. The van der Waals surface area contributed by atoms with Crippen molar-refractivity contribution in [3.8, 4) is 0 Å². The summed E-state index contributed by atoms with van der Waals surface area (Å²) in [5, 5.41) is 10.1. The lowest BCUT2D eigenvalue weighted by Crippen LogP contribution is -2.30. The molecule has 3 heterocycles. The van der Waals surface area contributed by atoms with Gasteiger partial charge in [-0.05, 0) is 6.42 Å². The molecule has 0 saturated carbocycles. The van der Waals surface area contributed by atoms with Gasteiger partial charge in [0.15, 0.2) is 11.9 Å². The lowest BCUT2D eigenvalue weighted by atomic mass is 10.1. The Kier molecular flexibility index (Phi) is 4.52. The van der Waals surface area contributed by atoms with Gasteiger partial charge in [-0.3, -0.25) is 14.2 Å². The van der Waals surface area contributed by atoms with Crippen molar-refractivity contribution in [2.75, 3.05) is 5.73 Å². The van der Waals surface area contributed by atoms with E-state index in [1.165, 1.54) is 17.7 Å². The standard InChI is InChI=1S/C14H18N4O5S/c1-3-7(20)8-4-9(22-6(2)19)12(23-8)18-11-10(24-14(18)21)5-16-13(15)17-11/h5,7-9,12,20H,3-4H2,1-2H3,(H2,15,16,17)/t7-,8+,9-,12-/m1/s1. The van der Waals surface area contributed by atoms with Gasteiger partial charge in [0.25, 0.3) is 0 Å². The molecule has 0 spiro atoms. The Bertz CT molecular complexity index is 819. The van der Waals surface area contributed by atoms with Crippen LogP contribution in [0.4, 0.5) is 5.95 Å². The van der Waals surface area contributed by atoms with E-state index in [1.807, 2.05) is 6.92 Å². The van der Waals surface area contributed by atoms with E-state index < -0.39 is 30.5 Å². The molecule has 2 aromatic rings. The zero-order valence-corrected chi connectivity index (χ0v) is 14.0. The average molecular weight is 354 g/mol. The number of hydrogen-bond donors (Lipinski definition) is 2. The van der Waals surface area contributed by atoms with Crippen molar-refractivity contribution in [1.29, 1.82) is 0 Å². The SMILES string of the molecule is CC[C@@H](O)[C@@H]1C[C@@H](OC(C)=O)[C@H](n2c(=O)sc3cnc(N)nc32)O1. The van der Waals surface area contributed by atoms with Crippen LogP contribution in [0.5, 0.6) is 0 Å². The number of ether oxygens (including phenoxy) is 2. The Labute approximate surface area is 141 Å². The first-order valence-corrected chi connectivity index (χ1v) is 8.36. The van der Waals surface area contributed by atoms with Crippen LogP contribution in [-0.4, -0.2) is 43.9 Å². The summed E-state index contributed by atoms with van der Waals surface area (Å²) in [6.07, 6.45) is -0.564. The number of nitrogens with zero attached hydrogens (tertiary/aromatic N) is 3. The molecule has 1 aliphatic heterocycles. The zero-order valence-electron chi connectivity index (χ0n) is 13.2. The van der Waals surface area contributed by atoms with Crippen molar-refractivity contribution in [2.24, 2.45) is 0 Å². The number of esters is 1. The quantitative estimate of drug-likeness (QED) is 0.756. The molecular weight excluding hydrogens is 336 g/mol. The molecule has 130 valence electrons. The summed E-state index contributed by atoms with van der Waals surface area (Å²) in [5.41, 5.74) is 5.94. The Hall–Kier alpha value is -2.04. The van der Waals surface area contributed by atoms with E-state index in [4.69, 9.17) is 15.2 Å². The Morgan fingerprint density at radius 1 is 1.67 bits per heavy atom. The molecule has 1 aliphatic rings. The molecule has 0 bridgehead atoms. The number of anilines is 1. The van der Waals surface area contributed by atoms with Gasteiger partial charge in [0.05, 0.1) is 23.1 Å². The smallest absolute Gasteiger partial charge is 0.311 e. The van der Waals surface area contributed by atoms with Crippen LogP contribution in [0.2, 0.25) is 0 Å². The highest BCUT2D eigenvalue weighted by molar-refractivity contribution is 7.16. The van der Waals surface area contributed by atoms with Crippen LogP contribution in [0.1, 0.15) is 32.9 Å². The number of nitrogens with two attached hydrogens (primary N) is 1. The maximum absolute atomic E-state index is 12.4. The van der Waals surface area contributed by atoms with Gasteiger partial charge in [-0.2, -0.15) is 4.98 Å². The Balaban J connectivity index is 2.05. The summed E-state index contributed by atoms with van der Waals surface area (Å²) in [4.78, 5) is 31.4. The van der Waals surface area contributed by atoms with E-state index in [0.717, 1.165) is 11.3 Å². The number of thiazole rings is 1. The van der Waals surface area contributed by atoms with Crippen molar-refractivity contribution in [2.45, 2.75) is 51.2 Å². The van der Waals surface area contributed by atoms with E-state index in [0.29, 0.717) is 23.2 Å². The maximum atomic E-state index is 12.4. The number of hydrogen-bond acceptors (Lipinski definition) is 9. The van der Waals surface area contributed by atoms with Crippen LogP contribution in [0.15, 0.2) is 11.0 Å². The summed E-state index contributed by atoms with van der Waals surface area (Å²) < 4.78 is 13.0. The number of fused-ring (bicyclic) bond motifs is 1. The predicted octanol–water partition coefficient (Wildman–Crippen LogP) is 0.425. The van der Waals surface area contributed by atoms with Crippen LogP contribution in [0.3, 0.4) is 0 Å². The van der Waals surface area contributed by atoms with Crippen molar-refractivity contribution in [3.05, 3.63) is 15.9 Å². The first-order chi connectivity index (χ1) is 11.4. The zero-order chi connectivity index (χ0) is 17.4. The lowest BCUT2D eigenvalue weighted by molar-refractivity contribution is -0.152. The first-order valence-electron chi connectivity index (χ1n) is 7.55. The van der Waals surface area contributed by atoms with Crippen LogP contribution >= 0.6 is 11.3 Å². The molecular formula is C14H18N4O5S. The minimum absolute atomic E-state index is 0.0289. The number of aromatic nitrogens is 3. The second kappa shape index (κ2) is 6.46. The van der Waals surface area contributed by atoms with Gasteiger partial charge in [0.1, 0.15) is 6.10 Å². The van der Waals surface area contributed by atoms with Crippen molar-refractivity contribution in [1.82, 2.24) is 14.5 Å². The molecule has 1 fully saturated rings. The van der Waals surface area contributed by atoms with Crippen molar-refractivity contribution >= 4 is 33.6 Å². The van der Waals surface area contributed by atoms with Crippen LogP contribution in [-0.2, 0) is 14.3 Å². The molecule has 3 N–H and O–H groups in total. The minimum atomic E-state index is -0.865. The van der Waals surface area contributed by atoms with E-state index in [9.17, 15) is 14.7 Å².